The molecule has 0 radical (unpaired) electrons. The maximum absolute atomic E-state index is 13.3. The van der Waals surface area contributed by atoms with E-state index in [4.69, 9.17) is 0 Å². The van der Waals surface area contributed by atoms with Crippen molar-refractivity contribution in [3.63, 3.8) is 0 Å². The fourth-order valence-electron chi connectivity index (χ4n) is 1.36. The molecule has 0 aliphatic heterocycles. The summed E-state index contributed by atoms with van der Waals surface area (Å²) in [4.78, 5) is 14.4. The third-order valence-electron chi connectivity index (χ3n) is 2.15. The third-order valence-corrected chi connectivity index (χ3v) is 2.15. The van der Waals surface area contributed by atoms with E-state index in [0.29, 0.717) is 5.56 Å². The van der Waals surface area contributed by atoms with Crippen molar-refractivity contribution in [3.8, 4) is 11.3 Å². The van der Waals surface area contributed by atoms with E-state index >= 15 is 0 Å². The van der Waals surface area contributed by atoms with Crippen molar-refractivity contribution in [2.24, 2.45) is 0 Å². The molecule has 16 heavy (non-hydrogen) atoms. The molecule has 0 fully saturated rings. The summed E-state index contributed by atoms with van der Waals surface area (Å²) in [6.07, 6.45) is 1.48. The molecule has 80 valence electrons. The van der Waals surface area contributed by atoms with Crippen LogP contribution in [0.1, 0.15) is 10.4 Å². The number of aromatic nitrogens is 1. The summed E-state index contributed by atoms with van der Waals surface area (Å²) in [5.74, 6) is -1.70. The number of rotatable bonds is 2. The van der Waals surface area contributed by atoms with Gasteiger partial charge in [0.05, 0.1) is 5.97 Å². The van der Waals surface area contributed by atoms with Gasteiger partial charge >= 0.3 is 0 Å². The predicted molar refractivity (Wildman–Crippen MR) is 54.0 cm³/mol. The maximum Gasteiger partial charge on any atom is 0.149 e. The lowest BCUT2D eigenvalue weighted by Crippen LogP contribution is -2.21. The van der Waals surface area contributed by atoms with Gasteiger partial charge in [-0.15, -0.1) is 0 Å². The molecule has 0 N–H and O–H groups in total. The van der Waals surface area contributed by atoms with E-state index in [1.807, 2.05) is 0 Å². The number of nitrogens with zero attached hydrogens (tertiary/aromatic N) is 1. The lowest BCUT2D eigenvalue weighted by atomic mass is 10.1. The molecule has 0 aliphatic rings. The normalized spacial score (nSPS) is 10.1. The van der Waals surface area contributed by atoms with Gasteiger partial charge in [0, 0.05) is 11.8 Å². The molecule has 1 aromatic carbocycles. The lowest BCUT2D eigenvalue weighted by molar-refractivity contribution is -0.255. The van der Waals surface area contributed by atoms with Gasteiger partial charge in [-0.2, -0.15) is 0 Å². The van der Waals surface area contributed by atoms with Gasteiger partial charge < -0.3 is 9.90 Å². The Morgan fingerprint density at radius 3 is 2.44 bits per heavy atom. The topological polar surface area (TPSA) is 53.0 Å². The first-order valence-corrected chi connectivity index (χ1v) is 4.61. The Balaban J connectivity index is 2.43. The average molecular weight is 216 g/mol. The average Bonchev–Trinajstić information content (AvgIpc) is 2.30. The highest BCUT2D eigenvalue weighted by Gasteiger charge is 2.05. The number of carboxylic acid groups (broad SMARTS) is 1. The molecule has 0 unspecified atom stereocenters. The van der Waals surface area contributed by atoms with Gasteiger partial charge in [0.15, 0.2) is 0 Å². The highest BCUT2D eigenvalue weighted by atomic mass is 19.1. The molecular formula is C12H7FNO2-. The maximum atomic E-state index is 13.3. The van der Waals surface area contributed by atoms with Gasteiger partial charge in [0.2, 0.25) is 0 Å². The lowest BCUT2D eigenvalue weighted by Gasteiger charge is -2.04. The van der Waals surface area contributed by atoms with Gasteiger partial charge in [-0.25, -0.2) is 4.39 Å². The minimum Gasteiger partial charge on any atom is -0.545 e. The number of carbonyl (C=O) groups excluding carboxylic acids is 1. The minimum atomic E-state index is -1.26. The van der Waals surface area contributed by atoms with E-state index in [2.05, 4.69) is 4.98 Å². The first-order valence-electron chi connectivity index (χ1n) is 4.61. The summed E-state index contributed by atoms with van der Waals surface area (Å²) in [6, 6.07) is 8.51. The largest absolute Gasteiger partial charge is 0.545 e. The molecule has 0 saturated carbocycles. The van der Waals surface area contributed by atoms with Crippen LogP contribution in [0.4, 0.5) is 4.39 Å². The van der Waals surface area contributed by atoms with Crippen molar-refractivity contribution in [2.45, 2.75) is 0 Å². The highest BCUT2D eigenvalue weighted by molar-refractivity contribution is 5.86. The molecule has 0 bridgehead atoms. The number of pyridine rings is 1. The Bertz CT molecular complexity index is 523. The molecule has 3 nitrogen and oxygen atoms in total. The van der Waals surface area contributed by atoms with E-state index in [1.54, 1.807) is 0 Å². The van der Waals surface area contributed by atoms with Gasteiger partial charge in [-0.1, -0.05) is 24.3 Å². The van der Waals surface area contributed by atoms with Crippen LogP contribution in [0.3, 0.4) is 0 Å². The zero-order chi connectivity index (χ0) is 11.5. The summed E-state index contributed by atoms with van der Waals surface area (Å²) in [7, 11) is 0. The molecule has 4 heteroatoms. The van der Waals surface area contributed by atoms with Gasteiger partial charge in [-0.3, -0.25) is 4.98 Å². The van der Waals surface area contributed by atoms with Crippen molar-refractivity contribution >= 4 is 5.97 Å². The molecule has 0 amide bonds. The summed E-state index contributed by atoms with van der Waals surface area (Å²) in [5.41, 5.74) is 0.788. The van der Waals surface area contributed by atoms with Crippen LogP contribution in [0.15, 0.2) is 42.6 Å². The fraction of sp³-hybridized carbons (Fsp3) is 0. The number of benzene rings is 1. The number of carboxylic acids is 1. The van der Waals surface area contributed by atoms with Gasteiger partial charge in [-0.05, 0) is 17.7 Å². The quantitative estimate of drug-likeness (QED) is 0.759. The first-order chi connectivity index (χ1) is 7.68. The molecule has 1 aromatic heterocycles. The zero-order valence-corrected chi connectivity index (χ0v) is 8.18. The van der Waals surface area contributed by atoms with E-state index in [0.717, 1.165) is 0 Å². The van der Waals surface area contributed by atoms with E-state index in [-0.39, 0.29) is 11.3 Å². The Morgan fingerprint density at radius 2 is 1.88 bits per heavy atom. The Hall–Kier alpha value is -2.23. The summed E-state index contributed by atoms with van der Waals surface area (Å²) in [5, 5.41) is 10.5. The molecule has 0 aliphatic carbocycles. The third kappa shape index (κ3) is 1.91. The highest BCUT2D eigenvalue weighted by Crippen LogP contribution is 2.19. The number of halogens is 1. The van der Waals surface area contributed by atoms with Crippen molar-refractivity contribution in [1.82, 2.24) is 4.98 Å². The number of aromatic carboxylic acids is 1. The molecule has 2 aromatic rings. The van der Waals surface area contributed by atoms with Crippen molar-refractivity contribution in [2.75, 3.05) is 0 Å². The second-order valence-electron chi connectivity index (χ2n) is 3.20. The number of carbonyl (C=O) groups is 1. The standard InChI is InChI=1S/C12H8FNO2/c13-10-2-1-7-14-11(10)8-3-5-9(6-4-8)12(15)16/h1-7H,(H,15,16)/p-1. The minimum absolute atomic E-state index is 0.0556. The van der Waals surface area contributed by atoms with Crippen molar-refractivity contribution in [3.05, 3.63) is 54.0 Å². The van der Waals surface area contributed by atoms with Crippen LogP contribution in [0.5, 0.6) is 0 Å². The predicted octanol–water partition coefficient (Wildman–Crippen LogP) is 1.25. The molecule has 2 rings (SSSR count). The van der Waals surface area contributed by atoms with Crippen molar-refractivity contribution < 1.29 is 14.3 Å². The van der Waals surface area contributed by atoms with Crippen LogP contribution >= 0.6 is 0 Å². The van der Waals surface area contributed by atoms with Crippen LogP contribution in [0.25, 0.3) is 11.3 Å². The van der Waals surface area contributed by atoms with Crippen LogP contribution in [-0.2, 0) is 0 Å². The Morgan fingerprint density at radius 1 is 1.19 bits per heavy atom. The van der Waals surface area contributed by atoms with Crippen molar-refractivity contribution in [1.29, 1.82) is 0 Å². The molecule has 0 saturated heterocycles. The Kier molecular flexibility index (Phi) is 2.64. The van der Waals surface area contributed by atoms with Crippen LogP contribution < -0.4 is 5.11 Å². The number of hydrogen-bond donors (Lipinski definition) is 0. The SMILES string of the molecule is O=C([O-])c1ccc(-c2ncccc2F)cc1. The van der Waals surface area contributed by atoms with Gasteiger partial charge in [0.25, 0.3) is 0 Å². The molecule has 0 atom stereocenters. The number of hydrogen-bond acceptors (Lipinski definition) is 3. The second-order valence-corrected chi connectivity index (χ2v) is 3.20. The molecule has 1 heterocycles. The summed E-state index contributed by atoms with van der Waals surface area (Å²) in [6.45, 7) is 0. The zero-order valence-electron chi connectivity index (χ0n) is 8.18. The van der Waals surface area contributed by atoms with Gasteiger partial charge in [0.1, 0.15) is 11.5 Å². The van der Waals surface area contributed by atoms with Crippen LogP contribution in [0.2, 0.25) is 0 Å². The van der Waals surface area contributed by atoms with E-state index < -0.39 is 11.8 Å². The second kappa shape index (κ2) is 4.10. The van der Waals surface area contributed by atoms with Crippen LogP contribution in [-0.4, -0.2) is 11.0 Å². The smallest absolute Gasteiger partial charge is 0.149 e. The van der Waals surface area contributed by atoms with E-state index in [1.165, 1.54) is 42.6 Å². The molecule has 0 spiro atoms. The Labute approximate surface area is 91.2 Å². The van der Waals surface area contributed by atoms with Crippen LogP contribution in [0, 0.1) is 5.82 Å². The molecular weight excluding hydrogens is 209 g/mol. The summed E-state index contributed by atoms with van der Waals surface area (Å²) >= 11 is 0. The first kappa shape index (κ1) is 10.3. The monoisotopic (exact) mass is 216 g/mol. The van der Waals surface area contributed by atoms with E-state index in [9.17, 15) is 14.3 Å². The summed E-state index contributed by atoms with van der Waals surface area (Å²) < 4.78 is 13.3. The fourth-order valence-corrected chi connectivity index (χ4v) is 1.36.